The first-order valence-electron chi connectivity index (χ1n) is 9.43. The highest BCUT2D eigenvalue weighted by Gasteiger charge is 2.68. The Morgan fingerprint density at radius 3 is 2.57 bits per heavy atom. The van der Waals surface area contributed by atoms with Gasteiger partial charge < -0.3 is 9.84 Å². The quantitative estimate of drug-likeness (QED) is 0.689. The molecule has 1 N–H and O–H groups in total. The van der Waals surface area contributed by atoms with Gasteiger partial charge in [0.05, 0.1) is 18.3 Å². The number of epoxide rings is 1. The van der Waals surface area contributed by atoms with Crippen LogP contribution in [0.3, 0.4) is 0 Å². The Morgan fingerprint density at radius 2 is 1.76 bits per heavy atom. The van der Waals surface area contributed by atoms with Crippen LogP contribution in [0.15, 0.2) is 0 Å². The van der Waals surface area contributed by atoms with Gasteiger partial charge in [-0.1, -0.05) is 6.92 Å². The smallest absolute Gasteiger partial charge is 0.0972 e. The molecule has 0 amide bonds. The molecule has 5 fully saturated rings. The van der Waals surface area contributed by atoms with E-state index >= 15 is 0 Å². The Labute approximate surface area is 128 Å². The van der Waals surface area contributed by atoms with Gasteiger partial charge in [0.15, 0.2) is 0 Å². The fraction of sp³-hybridized carbons (Fsp3) is 1.00. The van der Waals surface area contributed by atoms with Crippen molar-refractivity contribution in [3.05, 3.63) is 0 Å². The lowest BCUT2D eigenvalue weighted by atomic mass is 9.51. The summed E-state index contributed by atoms with van der Waals surface area (Å²) in [5, 5.41) is 10.00. The van der Waals surface area contributed by atoms with Crippen molar-refractivity contribution >= 4 is 0 Å². The topological polar surface area (TPSA) is 32.8 Å². The van der Waals surface area contributed by atoms with E-state index in [2.05, 4.69) is 6.92 Å². The largest absolute Gasteiger partial charge is 0.393 e. The maximum Gasteiger partial charge on any atom is 0.0972 e. The van der Waals surface area contributed by atoms with Crippen molar-refractivity contribution in [2.24, 2.45) is 35.0 Å². The molecule has 0 unspecified atom stereocenters. The number of hydrogen-bond acceptors (Lipinski definition) is 2. The van der Waals surface area contributed by atoms with Crippen LogP contribution in [0.2, 0.25) is 0 Å². The van der Waals surface area contributed by atoms with Crippen LogP contribution in [-0.2, 0) is 4.74 Å². The second kappa shape index (κ2) is 4.26. The average Bonchev–Trinajstić information content (AvgIpc) is 3.20. The lowest BCUT2D eigenvalue weighted by Crippen LogP contribution is -2.49. The van der Waals surface area contributed by atoms with Crippen LogP contribution >= 0.6 is 0 Å². The van der Waals surface area contributed by atoms with Crippen molar-refractivity contribution in [3.8, 4) is 0 Å². The summed E-state index contributed by atoms with van der Waals surface area (Å²) in [4.78, 5) is 0. The van der Waals surface area contributed by atoms with Crippen molar-refractivity contribution < 1.29 is 9.84 Å². The molecule has 4 aliphatic carbocycles. The number of rotatable bonds is 0. The highest BCUT2D eigenvalue weighted by atomic mass is 16.6. The summed E-state index contributed by atoms with van der Waals surface area (Å²) < 4.78 is 6.00. The number of ether oxygens (including phenoxy) is 1. The van der Waals surface area contributed by atoms with Crippen molar-refractivity contribution in [2.75, 3.05) is 6.61 Å². The van der Waals surface area contributed by atoms with Crippen molar-refractivity contribution in [1.82, 2.24) is 0 Å². The molecular formula is C19H30O2. The Kier molecular flexibility index (Phi) is 2.71. The number of aliphatic hydroxyl groups is 1. The molecule has 8 atom stereocenters. The molecular weight excluding hydrogens is 260 g/mol. The zero-order valence-corrected chi connectivity index (χ0v) is 13.4. The standard InChI is InChI=1S/C19H30O2/c1-18-6-4-13-8-14-9-15(20)3-2-12(14)10-16(13)17(18)5-7-19(18)11-21-19/h12-17,20H,2-11H2,1H3/t12-,13+,14+,15-,16+,17-,18-,19+/m0/s1. The summed E-state index contributed by atoms with van der Waals surface area (Å²) in [7, 11) is 0. The van der Waals surface area contributed by atoms with Crippen molar-refractivity contribution in [1.29, 1.82) is 0 Å². The summed E-state index contributed by atoms with van der Waals surface area (Å²) >= 11 is 0. The molecule has 118 valence electrons. The zero-order chi connectivity index (χ0) is 14.2. The maximum atomic E-state index is 10.00. The molecule has 0 radical (unpaired) electrons. The molecule has 2 nitrogen and oxygen atoms in total. The second-order valence-electron chi connectivity index (χ2n) is 9.27. The Bertz CT molecular complexity index is 443. The first-order valence-corrected chi connectivity index (χ1v) is 9.43. The lowest BCUT2D eigenvalue weighted by molar-refractivity contribution is -0.0661. The average molecular weight is 290 g/mol. The van der Waals surface area contributed by atoms with Gasteiger partial charge in [0.25, 0.3) is 0 Å². The van der Waals surface area contributed by atoms with Crippen LogP contribution < -0.4 is 0 Å². The molecule has 1 spiro atoms. The van der Waals surface area contributed by atoms with Gasteiger partial charge in [-0.2, -0.15) is 0 Å². The SMILES string of the molecule is C[C@]12CC[C@@H]3C[C@@H]4C[C@@H](O)CC[C@H]4C[C@H]3[C@@H]1CC[C@@]21CO1. The highest BCUT2D eigenvalue weighted by Crippen LogP contribution is 2.68. The molecule has 0 aromatic carbocycles. The molecule has 2 heteroatoms. The summed E-state index contributed by atoms with van der Waals surface area (Å²) in [5.74, 6) is 4.64. The van der Waals surface area contributed by atoms with Crippen LogP contribution in [-0.4, -0.2) is 23.4 Å². The van der Waals surface area contributed by atoms with E-state index in [1.165, 1.54) is 44.9 Å². The first kappa shape index (κ1) is 13.4. The summed E-state index contributed by atoms with van der Waals surface area (Å²) in [6.07, 6.45) is 12.0. The van der Waals surface area contributed by atoms with E-state index in [-0.39, 0.29) is 6.10 Å². The van der Waals surface area contributed by atoms with E-state index < -0.39 is 0 Å². The summed E-state index contributed by atoms with van der Waals surface area (Å²) in [6.45, 7) is 3.61. The van der Waals surface area contributed by atoms with Gasteiger partial charge >= 0.3 is 0 Å². The monoisotopic (exact) mass is 290 g/mol. The predicted octanol–water partition coefficient (Wildman–Crippen LogP) is 3.77. The van der Waals surface area contributed by atoms with Gasteiger partial charge in [-0.25, -0.2) is 0 Å². The zero-order valence-electron chi connectivity index (χ0n) is 13.4. The fourth-order valence-electron chi connectivity index (χ4n) is 7.31. The van der Waals surface area contributed by atoms with Crippen molar-refractivity contribution in [3.63, 3.8) is 0 Å². The molecule has 1 aliphatic heterocycles. The molecule has 1 heterocycles. The maximum absolute atomic E-state index is 10.00. The molecule has 5 aliphatic rings. The highest BCUT2D eigenvalue weighted by molar-refractivity contribution is 5.17. The second-order valence-corrected chi connectivity index (χ2v) is 9.27. The fourth-order valence-corrected chi connectivity index (χ4v) is 7.31. The van der Waals surface area contributed by atoms with Gasteiger partial charge in [0.1, 0.15) is 0 Å². The lowest BCUT2D eigenvalue weighted by Gasteiger charge is -2.54. The van der Waals surface area contributed by atoms with E-state index in [1.807, 2.05) is 0 Å². The third kappa shape index (κ3) is 1.72. The van der Waals surface area contributed by atoms with E-state index in [1.54, 1.807) is 0 Å². The minimum Gasteiger partial charge on any atom is -0.393 e. The third-order valence-electron chi connectivity index (χ3n) is 8.66. The number of hydrogen-bond donors (Lipinski definition) is 1. The molecule has 5 rings (SSSR count). The van der Waals surface area contributed by atoms with Crippen LogP contribution in [0.1, 0.15) is 64.7 Å². The summed E-state index contributed by atoms with van der Waals surface area (Å²) in [6, 6.07) is 0. The van der Waals surface area contributed by atoms with E-state index in [0.29, 0.717) is 11.0 Å². The normalized spacial score (nSPS) is 62.0. The van der Waals surface area contributed by atoms with Gasteiger partial charge in [0.2, 0.25) is 0 Å². The minimum atomic E-state index is 0.00581. The molecule has 0 bridgehead atoms. The Hall–Kier alpha value is -0.0800. The molecule has 0 aromatic heterocycles. The van der Waals surface area contributed by atoms with Crippen LogP contribution in [0.4, 0.5) is 0 Å². The number of aliphatic hydroxyl groups excluding tert-OH is 1. The van der Waals surface area contributed by atoms with Crippen LogP contribution in [0.5, 0.6) is 0 Å². The number of fused-ring (bicyclic) bond motifs is 5. The molecule has 21 heavy (non-hydrogen) atoms. The molecule has 0 aromatic rings. The third-order valence-corrected chi connectivity index (χ3v) is 8.66. The minimum absolute atomic E-state index is 0.00581. The molecule has 1 saturated heterocycles. The Balaban J connectivity index is 1.40. The van der Waals surface area contributed by atoms with Gasteiger partial charge in [-0.05, 0) is 87.4 Å². The van der Waals surface area contributed by atoms with E-state index in [9.17, 15) is 5.11 Å². The predicted molar refractivity (Wildman–Crippen MR) is 81.8 cm³/mol. The van der Waals surface area contributed by atoms with Crippen molar-refractivity contribution in [2.45, 2.75) is 76.4 Å². The summed E-state index contributed by atoms with van der Waals surface area (Å²) in [5.41, 5.74) is 0.803. The van der Waals surface area contributed by atoms with Gasteiger partial charge in [0, 0.05) is 5.41 Å². The van der Waals surface area contributed by atoms with Gasteiger partial charge in [-0.15, -0.1) is 0 Å². The Morgan fingerprint density at radius 1 is 0.905 bits per heavy atom. The van der Waals surface area contributed by atoms with Gasteiger partial charge in [-0.3, -0.25) is 0 Å². The first-order chi connectivity index (χ1) is 10.1. The van der Waals surface area contributed by atoms with E-state index in [4.69, 9.17) is 4.74 Å². The van der Waals surface area contributed by atoms with Crippen LogP contribution in [0.25, 0.3) is 0 Å². The van der Waals surface area contributed by atoms with E-state index in [0.717, 1.165) is 49.0 Å². The molecule has 4 saturated carbocycles. The van der Waals surface area contributed by atoms with Crippen LogP contribution in [0, 0.1) is 35.0 Å².